The minimum Gasteiger partial charge on any atom is -0.481 e. The van der Waals surface area contributed by atoms with Crippen molar-refractivity contribution in [1.29, 1.82) is 0 Å². The number of rotatable bonds is 12. The molecule has 0 fully saturated rings. The summed E-state index contributed by atoms with van der Waals surface area (Å²) in [5.41, 5.74) is 0.421. The number of carboxylic acids is 1. The summed E-state index contributed by atoms with van der Waals surface area (Å²) in [4.78, 5) is 74.2. The summed E-state index contributed by atoms with van der Waals surface area (Å²) in [5, 5.41) is 16.0. The van der Waals surface area contributed by atoms with Crippen LogP contribution in [0.5, 0.6) is 0 Å². The van der Waals surface area contributed by atoms with Gasteiger partial charge in [0.25, 0.3) is 0 Å². The van der Waals surface area contributed by atoms with Crippen LogP contribution in [0.15, 0.2) is 48.5 Å². The van der Waals surface area contributed by atoms with Crippen LogP contribution in [0.25, 0.3) is 0 Å². The highest BCUT2D eigenvalue weighted by atomic mass is 35.5. The lowest BCUT2D eigenvalue weighted by molar-refractivity contribution is -0.148. The van der Waals surface area contributed by atoms with Crippen LogP contribution >= 0.6 is 23.2 Å². The molecule has 12 nitrogen and oxygen atoms in total. The van der Waals surface area contributed by atoms with E-state index in [1.165, 1.54) is 25.1 Å². The van der Waals surface area contributed by atoms with Gasteiger partial charge in [0.1, 0.15) is 24.7 Å². The molecule has 2 aromatic rings. The second-order valence-electron chi connectivity index (χ2n) is 9.12. The predicted molar refractivity (Wildman–Crippen MR) is 147 cm³/mol. The number of aliphatic carboxylic acids is 1. The summed E-state index contributed by atoms with van der Waals surface area (Å²) >= 11 is 11.9. The van der Waals surface area contributed by atoms with E-state index < -0.39 is 66.3 Å². The number of carbonyl (C=O) groups is 6. The Balaban J connectivity index is 2.01. The van der Waals surface area contributed by atoms with Crippen molar-refractivity contribution in [1.82, 2.24) is 16.0 Å². The zero-order chi connectivity index (χ0) is 30.7. The van der Waals surface area contributed by atoms with E-state index in [9.17, 15) is 33.9 Å². The highest BCUT2D eigenvalue weighted by Gasteiger charge is 2.32. The Kier molecular flexibility index (Phi) is 12.6. The number of amides is 3. The van der Waals surface area contributed by atoms with Crippen molar-refractivity contribution in [2.24, 2.45) is 5.92 Å². The maximum absolute atomic E-state index is 12.9. The van der Waals surface area contributed by atoms with Crippen LogP contribution in [-0.2, 0) is 35.3 Å². The van der Waals surface area contributed by atoms with Crippen molar-refractivity contribution in [2.45, 2.75) is 51.9 Å². The van der Waals surface area contributed by atoms with Gasteiger partial charge in [-0.1, -0.05) is 73.4 Å². The summed E-state index contributed by atoms with van der Waals surface area (Å²) in [7, 11) is 0. The van der Waals surface area contributed by atoms with Crippen molar-refractivity contribution in [3.63, 3.8) is 0 Å². The van der Waals surface area contributed by atoms with Crippen LogP contribution in [0.2, 0.25) is 10.0 Å². The highest BCUT2D eigenvalue weighted by molar-refractivity contribution is 6.39. The van der Waals surface area contributed by atoms with Gasteiger partial charge in [-0.2, -0.15) is 0 Å². The summed E-state index contributed by atoms with van der Waals surface area (Å²) in [5.74, 6) is -6.22. The maximum atomic E-state index is 12.9. The van der Waals surface area contributed by atoms with Gasteiger partial charge in [-0.15, -0.1) is 0 Å². The Bertz CT molecular complexity index is 1270. The fourth-order valence-corrected chi connectivity index (χ4v) is 3.92. The molecule has 0 unspecified atom stereocenters. The van der Waals surface area contributed by atoms with Crippen LogP contribution in [0.4, 0.5) is 4.79 Å². The molecular weight excluding hydrogens is 581 g/mol. The van der Waals surface area contributed by atoms with Crippen LogP contribution in [0.3, 0.4) is 0 Å². The number of hydrogen-bond acceptors (Lipinski definition) is 8. The molecule has 2 aromatic carbocycles. The fraction of sp³-hybridized carbons (Fsp3) is 0.333. The molecule has 0 aliphatic heterocycles. The summed E-state index contributed by atoms with van der Waals surface area (Å²) in [6.45, 7) is 4.57. The van der Waals surface area contributed by atoms with Gasteiger partial charge in [-0.25, -0.2) is 14.4 Å². The van der Waals surface area contributed by atoms with Gasteiger partial charge in [0.15, 0.2) is 0 Å². The number of hydrogen-bond donors (Lipinski definition) is 4. The molecule has 2 rings (SSSR count). The third-order valence-corrected chi connectivity index (χ3v) is 6.16. The normalized spacial score (nSPS) is 12.8. The summed E-state index contributed by atoms with van der Waals surface area (Å²) in [6, 6.07) is 8.83. The molecule has 14 heteroatoms. The molecule has 3 atom stereocenters. The molecule has 3 amide bonds. The molecular formula is C27H29Cl2N3O9. The minimum absolute atomic E-state index is 0.0236. The average molecular weight is 610 g/mol. The van der Waals surface area contributed by atoms with E-state index in [1.54, 1.807) is 38.1 Å². The molecule has 0 spiro atoms. The van der Waals surface area contributed by atoms with E-state index in [-0.39, 0.29) is 22.2 Å². The summed E-state index contributed by atoms with van der Waals surface area (Å²) < 4.78 is 9.86. The quantitative estimate of drug-likeness (QED) is 0.208. The monoisotopic (exact) mass is 609 g/mol. The van der Waals surface area contributed by atoms with Crippen LogP contribution in [0.1, 0.15) is 43.1 Å². The Morgan fingerprint density at radius 2 is 1.44 bits per heavy atom. The second-order valence-corrected chi connectivity index (χ2v) is 9.94. The SMILES string of the molecule is CC(C)[C@H](NC(=O)OCc1ccccc1)C(=O)N[C@@H](C)C(=O)N[C@H](CC(=O)O)C(=O)OC(=O)c1c(Cl)cccc1Cl. The molecule has 0 saturated heterocycles. The maximum Gasteiger partial charge on any atom is 0.408 e. The molecule has 220 valence electrons. The molecule has 4 N–H and O–H groups in total. The topological polar surface area (TPSA) is 177 Å². The number of esters is 2. The van der Waals surface area contributed by atoms with Crippen molar-refractivity contribution < 1.29 is 43.3 Å². The van der Waals surface area contributed by atoms with Crippen LogP contribution in [0, 0.1) is 5.92 Å². The minimum atomic E-state index is -1.79. The van der Waals surface area contributed by atoms with E-state index in [1.807, 2.05) is 6.07 Å². The van der Waals surface area contributed by atoms with E-state index in [0.717, 1.165) is 5.56 Å². The summed E-state index contributed by atoms with van der Waals surface area (Å²) in [6.07, 6.45) is -1.79. The zero-order valence-corrected chi connectivity index (χ0v) is 23.8. The van der Waals surface area contributed by atoms with E-state index >= 15 is 0 Å². The van der Waals surface area contributed by atoms with Crippen LogP contribution in [-0.4, -0.2) is 59.0 Å². The van der Waals surface area contributed by atoms with Gasteiger partial charge in [-0.3, -0.25) is 14.4 Å². The lowest BCUT2D eigenvalue weighted by Crippen LogP contribution is -2.56. The van der Waals surface area contributed by atoms with Gasteiger partial charge in [0, 0.05) is 0 Å². The van der Waals surface area contributed by atoms with Crippen molar-refractivity contribution in [2.75, 3.05) is 0 Å². The fourth-order valence-electron chi connectivity index (χ4n) is 3.37. The Hall–Kier alpha value is -4.16. The lowest BCUT2D eigenvalue weighted by Gasteiger charge is -2.24. The smallest absolute Gasteiger partial charge is 0.408 e. The molecule has 0 aliphatic carbocycles. The van der Waals surface area contributed by atoms with Gasteiger partial charge in [0.05, 0.1) is 22.0 Å². The van der Waals surface area contributed by atoms with Crippen LogP contribution < -0.4 is 16.0 Å². The second kappa shape index (κ2) is 15.6. The van der Waals surface area contributed by atoms with E-state index in [2.05, 4.69) is 16.0 Å². The standard InChI is InChI=1S/C27H29Cl2N3O9/c1-14(2)22(32-27(39)40-13-16-8-5-4-6-9-16)24(36)30-15(3)23(35)31-19(12-20(33)34)25(37)41-26(38)21-17(28)10-7-11-18(21)29/h4-11,14-15,19,22H,12-13H2,1-3H3,(H,30,36)(H,31,35)(H,32,39)(H,33,34)/t15-,19+,22-/m0/s1. The third kappa shape index (κ3) is 10.4. The molecule has 0 aliphatic rings. The van der Waals surface area contributed by atoms with Crippen molar-refractivity contribution in [3.8, 4) is 0 Å². The molecule has 0 saturated carbocycles. The van der Waals surface area contributed by atoms with E-state index in [0.29, 0.717) is 0 Å². The van der Waals surface area contributed by atoms with Gasteiger partial charge < -0.3 is 30.5 Å². The number of carbonyl (C=O) groups excluding carboxylic acids is 5. The van der Waals surface area contributed by atoms with E-state index in [4.69, 9.17) is 32.7 Å². The first-order valence-corrected chi connectivity index (χ1v) is 13.1. The first-order valence-electron chi connectivity index (χ1n) is 12.3. The zero-order valence-electron chi connectivity index (χ0n) is 22.3. The molecule has 0 aromatic heterocycles. The average Bonchev–Trinajstić information content (AvgIpc) is 2.90. The first kappa shape index (κ1) is 33.0. The molecule has 0 bridgehead atoms. The van der Waals surface area contributed by atoms with Crippen molar-refractivity contribution in [3.05, 3.63) is 69.7 Å². The van der Waals surface area contributed by atoms with Crippen molar-refractivity contribution >= 4 is 59.0 Å². The number of halogens is 2. The highest BCUT2D eigenvalue weighted by Crippen LogP contribution is 2.25. The largest absolute Gasteiger partial charge is 0.481 e. The number of alkyl carbamates (subject to hydrolysis) is 1. The Morgan fingerprint density at radius 3 is 2.00 bits per heavy atom. The Morgan fingerprint density at radius 1 is 0.829 bits per heavy atom. The molecule has 41 heavy (non-hydrogen) atoms. The predicted octanol–water partition coefficient (Wildman–Crippen LogP) is 3.09. The molecule has 0 heterocycles. The lowest BCUT2D eigenvalue weighted by atomic mass is 10.0. The van der Waals surface area contributed by atoms with Gasteiger partial charge in [-0.05, 0) is 30.5 Å². The Labute approximate surface area is 245 Å². The third-order valence-electron chi connectivity index (χ3n) is 5.53. The number of benzene rings is 2. The van der Waals surface area contributed by atoms with Gasteiger partial charge >= 0.3 is 24.0 Å². The number of carboxylic acid groups (broad SMARTS) is 1. The molecule has 0 radical (unpaired) electrons. The first-order chi connectivity index (χ1) is 19.3. The number of ether oxygens (including phenoxy) is 2. The van der Waals surface area contributed by atoms with Gasteiger partial charge in [0.2, 0.25) is 11.8 Å². The number of nitrogens with one attached hydrogen (secondary N) is 3.